The molecule has 1 aliphatic heterocycles. The Bertz CT molecular complexity index is 938. The molecule has 7 heteroatoms. The first-order valence-corrected chi connectivity index (χ1v) is 8.69. The molecule has 0 fully saturated rings. The standard InChI is InChI=1S/C19H16Cl2N2O3/c1-3-26-18-9-12(4-7-17(18)24)8-14-11(2)22-23(19(14)25)13-5-6-15(20)16(21)10-13/h4-10,24H,3H2,1-2H3/b14-8+. The molecule has 2 aromatic rings. The second kappa shape index (κ2) is 7.40. The van der Waals surface area contributed by atoms with Gasteiger partial charge in [-0.1, -0.05) is 29.3 Å². The fourth-order valence-corrected chi connectivity index (χ4v) is 2.83. The van der Waals surface area contributed by atoms with Gasteiger partial charge in [0.2, 0.25) is 0 Å². The summed E-state index contributed by atoms with van der Waals surface area (Å²) >= 11 is 12.0. The minimum absolute atomic E-state index is 0.0505. The Hall–Kier alpha value is -2.50. The van der Waals surface area contributed by atoms with E-state index in [4.69, 9.17) is 27.9 Å². The van der Waals surface area contributed by atoms with E-state index < -0.39 is 0 Å². The van der Waals surface area contributed by atoms with Crippen LogP contribution in [0.1, 0.15) is 19.4 Å². The number of anilines is 1. The number of nitrogens with zero attached hydrogens (tertiary/aromatic N) is 2. The molecule has 1 amide bonds. The van der Waals surface area contributed by atoms with Gasteiger partial charge in [-0.2, -0.15) is 10.1 Å². The maximum Gasteiger partial charge on any atom is 0.280 e. The second-order valence-corrected chi connectivity index (χ2v) is 6.43. The van der Waals surface area contributed by atoms with Crippen LogP contribution in [0.2, 0.25) is 10.0 Å². The fraction of sp³-hybridized carbons (Fsp3) is 0.158. The van der Waals surface area contributed by atoms with Crippen LogP contribution in [-0.4, -0.2) is 23.3 Å². The molecule has 26 heavy (non-hydrogen) atoms. The van der Waals surface area contributed by atoms with Gasteiger partial charge in [0.25, 0.3) is 5.91 Å². The summed E-state index contributed by atoms with van der Waals surface area (Å²) in [5.74, 6) is 0.143. The number of ether oxygens (including phenoxy) is 1. The smallest absolute Gasteiger partial charge is 0.280 e. The molecule has 2 aromatic carbocycles. The summed E-state index contributed by atoms with van der Waals surface area (Å²) in [6.07, 6.45) is 1.71. The summed E-state index contributed by atoms with van der Waals surface area (Å²) in [5, 5.41) is 16.2. The fourth-order valence-electron chi connectivity index (χ4n) is 2.53. The highest BCUT2D eigenvalue weighted by Gasteiger charge is 2.29. The largest absolute Gasteiger partial charge is 0.504 e. The van der Waals surface area contributed by atoms with Crippen molar-refractivity contribution in [2.24, 2.45) is 5.10 Å². The number of benzene rings is 2. The number of rotatable bonds is 4. The van der Waals surface area contributed by atoms with Crippen molar-refractivity contribution in [2.45, 2.75) is 13.8 Å². The van der Waals surface area contributed by atoms with Gasteiger partial charge in [0.15, 0.2) is 11.5 Å². The summed E-state index contributed by atoms with van der Waals surface area (Å²) in [7, 11) is 0. The average molecular weight is 391 g/mol. The van der Waals surface area contributed by atoms with Gasteiger partial charge in [-0.3, -0.25) is 4.79 Å². The minimum atomic E-state index is -0.271. The monoisotopic (exact) mass is 390 g/mol. The molecule has 134 valence electrons. The number of hydrogen-bond acceptors (Lipinski definition) is 4. The summed E-state index contributed by atoms with van der Waals surface area (Å²) in [6, 6.07) is 9.80. The number of carbonyl (C=O) groups excluding carboxylic acids is 1. The molecule has 0 atom stereocenters. The molecule has 0 radical (unpaired) electrons. The molecule has 5 nitrogen and oxygen atoms in total. The van der Waals surface area contributed by atoms with Gasteiger partial charge in [0, 0.05) is 0 Å². The van der Waals surface area contributed by atoms with Crippen LogP contribution in [0.4, 0.5) is 5.69 Å². The number of phenolic OH excluding ortho intramolecular Hbond substituents is 1. The van der Waals surface area contributed by atoms with Crippen molar-refractivity contribution in [3.8, 4) is 11.5 Å². The Morgan fingerprint density at radius 2 is 1.96 bits per heavy atom. The summed E-state index contributed by atoms with van der Waals surface area (Å²) < 4.78 is 5.38. The Morgan fingerprint density at radius 1 is 1.19 bits per heavy atom. The number of amides is 1. The van der Waals surface area contributed by atoms with E-state index in [1.807, 2.05) is 6.92 Å². The zero-order chi connectivity index (χ0) is 18.8. The average Bonchev–Trinajstić information content (AvgIpc) is 2.88. The molecule has 1 aliphatic rings. The van der Waals surface area contributed by atoms with E-state index in [2.05, 4.69) is 5.10 Å². The lowest BCUT2D eigenvalue weighted by Crippen LogP contribution is -2.21. The van der Waals surface area contributed by atoms with Crippen LogP contribution in [0.15, 0.2) is 47.1 Å². The molecule has 0 bridgehead atoms. The molecule has 0 aliphatic carbocycles. The van der Waals surface area contributed by atoms with E-state index >= 15 is 0 Å². The molecule has 1 N–H and O–H groups in total. The molecule has 1 heterocycles. The Labute approximate surface area is 161 Å². The van der Waals surface area contributed by atoms with Gasteiger partial charge in [-0.25, -0.2) is 0 Å². The van der Waals surface area contributed by atoms with E-state index in [-0.39, 0.29) is 11.7 Å². The van der Waals surface area contributed by atoms with Crippen LogP contribution >= 0.6 is 23.2 Å². The van der Waals surface area contributed by atoms with Crippen molar-refractivity contribution in [1.82, 2.24) is 0 Å². The highest BCUT2D eigenvalue weighted by molar-refractivity contribution is 6.42. The Kier molecular flexibility index (Phi) is 5.20. The van der Waals surface area contributed by atoms with Gasteiger partial charge in [-0.15, -0.1) is 0 Å². The predicted molar refractivity (Wildman–Crippen MR) is 104 cm³/mol. The highest BCUT2D eigenvalue weighted by Crippen LogP contribution is 2.32. The van der Waals surface area contributed by atoms with Crippen molar-refractivity contribution >= 4 is 46.6 Å². The Balaban J connectivity index is 1.94. The summed E-state index contributed by atoms with van der Waals surface area (Å²) in [4.78, 5) is 12.8. The van der Waals surface area contributed by atoms with Crippen molar-refractivity contribution in [2.75, 3.05) is 11.6 Å². The van der Waals surface area contributed by atoms with Crippen molar-refractivity contribution in [3.05, 3.63) is 57.6 Å². The molecule has 3 rings (SSSR count). The maximum atomic E-state index is 12.8. The molecule has 0 unspecified atom stereocenters. The van der Waals surface area contributed by atoms with E-state index in [1.54, 1.807) is 43.3 Å². The minimum Gasteiger partial charge on any atom is -0.504 e. The van der Waals surface area contributed by atoms with Crippen LogP contribution in [0, 0.1) is 0 Å². The van der Waals surface area contributed by atoms with Crippen LogP contribution in [0.25, 0.3) is 6.08 Å². The van der Waals surface area contributed by atoms with Crippen LogP contribution in [0.3, 0.4) is 0 Å². The molecular formula is C19H16Cl2N2O3. The van der Waals surface area contributed by atoms with Gasteiger partial charge in [0.05, 0.1) is 33.6 Å². The number of carbonyl (C=O) groups is 1. The van der Waals surface area contributed by atoms with E-state index in [1.165, 1.54) is 11.1 Å². The van der Waals surface area contributed by atoms with E-state index in [9.17, 15) is 9.90 Å². The van der Waals surface area contributed by atoms with Gasteiger partial charge < -0.3 is 9.84 Å². The number of phenols is 1. The van der Waals surface area contributed by atoms with Crippen molar-refractivity contribution in [1.29, 1.82) is 0 Å². The number of halogens is 2. The quantitative estimate of drug-likeness (QED) is 0.754. The number of hydrazone groups is 1. The van der Waals surface area contributed by atoms with Gasteiger partial charge >= 0.3 is 0 Å². The first-order chi connectivity index (χ1) is 12.4. The Morgan fingerprint density at radius 3 is 2.65 bits per heavy atom. The first kappa shape index (κ1) is 18.3. The van der Waals surface area contributed by atoms with E-state index in [0.717, 1.165) is 5.56 Å². The number of aromatic hydroxyl groups is 1. The normalized spacial score (nSPS) is 15.5. The molecule has 0 saturated heterocycles. The van der Waals surface area contributed by atoms with Gasteiger partial charge in [-0.05, 0) is 55.8 Å². The third-order valence-corrected chi connectivity index (χ3v) is 4.54. The molecule has 0 spiro atoms. The lowest BCUT2D eigenvalue weighted by atomic mass is 10.1. The first-order valence-electron chi connectivity index (χ1n) is 7.93. The third kappa shape index (κ3) is 3.54. The number of hydrogen-bond donors (Lipinski definition) is 1. The van der Waals surface area contributed by atoms with Crippen molar-refractivity contribution in [3.63, 3.8) is 0 Å². The van der Waals surface area contributed by atoms with Crippen molar-refractivity contribution < 1.29 is 14.6 Å². The van der Waals surface area contributed by atoms with Crippen LogP contribution in [0.5, 0.6) is 11.5 Å². The highest BCUT2D eigenvalue weighted by atomic mass is 35.5. The topological polar surface area (TPSA) is 62.1 Å². The molecular weight excluding hydrogens is 375 g/mol. The van der Waals surface area contributed by atoms with E-state index in [0.29, 0.717) is 39.4 Å². The molecule has 0 saturated carbocycles. The molecule has 0 aromatic heterocycles. The summed E-state index contributed by atoms with van der Waals surface area (Å²) in [5.41, 5.74) is 2.28. The second-order valence-electron chi connectivity index (χ2n) is 5.62. The third-order valence-electron chi connectivity index (χ3n) is 3.81. The van der Waals surface area contributed by atoms with Gasteiger partial charge in [0.1, 0.15) is 0 Å². The van der Waals surface area contributed by atoms with Crippen LogP contribution in [-0.2, 0) is 4.79 Å². The zero-order valence-electron chi connectivity index (χ0n) is 14.2. The maximum absolute atomic E-state index is 12.8. The SMILES string of the molecule is CCOc1cc(/C=C2/C(=O)N(c3ccc(Cl)c(Cl)c3)N=C2C)ccc1O. The lowest BCUT2D eigenvalue weighted by molar-refractivity contribution is -0.114. The predicted octanol–water partition coefficient (Wildman–Crippen LogP) is 4.90. The van der Waals surface area contributed by atoms with Crippen LogP contribution < -0.4 is 9.75 Å². The lowest BCUT2D eigenvalue weighted by Gasteiger charge is -2.12. The summed E-state index contributed by atoms with van der Waals surface area (Å²) in [6.45, 7) is 4.01. The zero-order valence-corrected chi connectivity index (χ0v) is 15.7.